The van der Waals surface area contributed by atoms with E-state index in [0.29, 0.717) is 18.0 Å². The molecule has 0 saturated carbocycles. The summed E-state index contributed by atoms with van der Waals surface area (Å²) in [6.07, 6.45) is 1.62. The highest BCUT2D eigenvalue weighted by Gasteiger charge is 2.26. The van der Waals surface area contributed by atoms with E-state index < -0.39 is 5.97 Å². The summed E-state index contributed by atoms with van der Waals surface area (Å²) in [6, 6.07) is 8.57. The second kappa shape index (κ2) is 7.03. The van der Waals surface area contributed by atoms with Crippen molar-refractivity contribution in [2.75, 3.05) is 0 Å². The first-order valence-electron chi connectivity index (χ1n) is 8.28. The van der Waals surface area contributed by atoms with Gasteiger partial charge in [-0.2, -0.15) is 0 Å². The standard InChI is InChI=1S/C19H21N3O3/c1-11(2)16-17-14(9-20-16)7-15(10-21-17)18(23)22-8-12-3-5-13(6-4-12)19(24)25/h3-7,10-11,16,20H,8-9H2,1-2H3,(H,22,23)(H,24,25). The van der Waals surface area contributed by atoms with Gasteiger partial charge in [-0.1, -0.05) is 26.0 Å². The number of aromatic carboxylic acids is 1. The Morgan fingerprint density at radius 3 is 2.64 bits per heavy atom. The van der Waals surface area contributed by atoms with Gasteiger partial charge in [0.15, 0.2) is 0 Å². The minimum Gasteiger partial charge on any atom is -0.478 e. The van der Waals surface area contributed by atoms with Crippen molar-refractivity contribution in [1.29, 1.82) is 0 Å². The SMILES string of the molecule is CC(C)C1NCc2cc(C(=O)NCc3ccc(C(=O)O)cc3)cnc21. The second-order valence-electron chi connectivity index (χ2n) is 6.56. The molecule has 1 aromatic carbocycles. The minimum absolute atomic E-state index is 0.189. The van der Waals surface area contributed by atoms with Gasteiger partial charge in [-0.25, -0.2) is 4.79 Å². The number of hydrogen-bond donors (Lipinski definition) is 3. The summed E-state index contributed by atoms with van der Waals surface area (Å²) in [6.45, 7) is 5.35. The first-order valence-corrected chi connectivity index (χ1v) is 8.28. The maximum absolute atomic E-state index is 12.3. The van der Waals surface area contributed by atoms with E-state index in [-0.39, 0.29) is 17.5 Å². The van der Waals surface area contributed by atoms with Crippen LogP contribution in [0, 0.1) is 5.92 Å². The van der Waals surface area contributed by atoms with Crippen LogP contribution < -0.4 is 10.6 Å². The summed E-state index contributed by atoms with van der Waals surface area (Å²) < 4.78 is 0. The molecule has 130 valence electrons. The Bertz CT molecular complexity index is 800. The third kappa shape index (κ3) is 3.69. The number of pyridine rings is 1. The third-order valence-electron chi connectivity index (χ3n) is 4.39. The monoisotopic (exact) mass is 339 g/mol. The van der Waals surface area contributed by atoms with Crippen LogP contribution in [-0.2, 0) is 13.1 Å². The van der Waals surface area contributed by atoms with Gasteiger partial charge in [0, 0.05) is 19.3 Å². The van der Waals surface area contributed by atoms with Crippen LogP contribution in [0.3, 0.4) is 0 Å². The molecule has 2 aromatic rings. The molecule has 1 aliphatic heterocycles. The quantitative estimate of drug-likeness (QED) is 0.778. The topological polar surface area (TPSA) is 91.3 Å². The molecule has 1 amide bonds. The highest BCUT2D eigenvalue weighted by molar-refractivity contribution is 5.94. The second-order valence-corrected chi connectivity index (χ2v) is 6.56. The number of carbonyl (C=O) groups is 2. The lowest BCUT2D eigenvalue weighted by Gasteiger charge is -2.15. The first-order chi connectivity index (χ1) is 12.0. The summed E-state index contributed by atoms with van der Waals surface area (Å²) >= 11 is 0. The van der Waals surface area contributed by atoms with Gasteiger partial charge in [0.25, 0.3) is 5.91 Å². The number of benzene rings is 1. The van der Waals surface area contributed by atoms with E-state index in [1.54, 1.807) is 18.3 Å². The number of carboxylic acid groups (broad SMARTS) is 1. The molecule has 1 aliphatic rings. The molecule has 6 heteroatoms. The number of nitrogens with one attached hydrogen (secondary N) is 2. The Morgan fingerprint density at radius 2 is 2.00 bits per heavy atom. The van der Waals surface area contributed by atoms with Crippen molar-refractivity contribution >= 4 is 11.9 Å². The lowest BCUT2D eigenvalue weighted by molar-refractivity contribution is 0.0696. The van der Waals surface area contributed by atoms with Crippen LogP contribution in [0.1, 0.15) is 57.4 Å². The molecule has 0 saturated heterocycles. The molecule has 0 fully saturated rings. The zero-order valence-corrected chi connectivity index (χ0v) is 14.2. The zero-order chi connectivity index (χ0) is 18.0. The van der Waals surface area contributed by atoms with Gasteiger partial charge in [-0.05, 0) is 35.2 Å². The number of hydrogen-bond acceptors (Lipinski definition) is 4. The van der Waals surface area contributed by atoms with E-state index in [4.69, 9.17) is 5.11 Å². The lowest BCUT2D eigenvalue weighted by atomic mass is 10.0. The number of nitrogens with zero attached hydrogens (tertiary/aromatic N) is 1. The number of aromatic nitrogens is 1. The molecule has 2 heterocycles. The zero-order valence-electron chi connectivity index (χ0n) is 14.2. The van der Waals surface area contributed by atoms with Gasteiger partial charge in [0.1, 0.15) is 0 Å². The Kier molecular flexibility index (Phi) is 4.81. The predicted octanol–water partition coefficient (Wildman–Crippen LogP) is 2.51. The van der Waals surface area contributed by atoms with Crippen LogP contribution in [0.2, 0.25) is 0 Å². The van der Waals surface area contributed by atoms with Gasteiger partial charge in [0.2, 0.25) is 0 Å². The summed E-state index contributed by atoms with van der Waals surface area (Å²) in [5, 5.41) is 15.2. The van der Waals surface area contributed by atoms with Gasteiger partial charge >= 0.3 is 5.97 Å². The fourth-order valence-corrected chi connectivity index (χ4v) is 2.98. The maximum atomic E-state index is 12.3. The number of fused-ring (bicyclic) bond motifs is 1. The summed E-state index contributed by atoms with van der Waals surface area (Å²) in [7, 11) is 0. The predicted molar refractivity (Wildman–Crippen MR) is 93.2 cm³/mol. The average Bonchev–Trinajstić information content (AvgIpc) is 3.03. The van der Waals surface area contributed by atoms with E-state index in [1.165, 1.54) is 12.1 Å². The van der Waals surface area contributed by atoms with E-state index in [9.17, 15) is 9.59 Å². The summed E-state index contributed by atoms with van der Waals surface area (Å²) in [5.74, 6) is -0.707. The molecule has 0 bridgehead atoms. The number of rotatable bonds is 5. The average molecular weight is 339 g/mol. The normalized spacial score (nSPS) is 15.9. The number of amides is 1. The Labute approximate surface area is 146 Å². The molecule has 6 nitrogen and oxygen atoms in total. The number of carbonyl (C=O) groups excluding carboxylic acids is 1. The van der Waals surface area contributed by atoms with Crippen LogP contribution in [0.25, 0.3) is 0 Å². The first kappa shape index (κ1) is 17.1. The van der Waals surface area contributed by atoms with E-state index >= 15 is 0 Å². The van der Waals surface area contributed by atoms with Crippen LogP contribution in [-0.4, -0.2) is 22.0 Å². The van der Waals surface area contributed by atoms with Crippen molar-refractivity contribution in [3.8, 4) is 0 Å². The molecule has 1 aromatic heterocycles. The van der Waals surface area contributed by atoms with Gasteiger partial charge < -0.3 is 15.7 Å². The molecular formula is C19H21N3O3. The van der Waals surface area contributed by atoms with Gasteiger partial charge in [-0.3, -0.25) is 9.78 Å². The van der Waals surface area contributed by atoms with Crippen LogP contribution >= 0.6 is 0 Å². The summed E-state index contributed by atoms with van der Waals surface area (Å²) in [4.78, 5) is 27.7. The van der Waals surface area contributed by atoms with Crippen LogP contribution in [0.15, 0.2) is 36.5 Å². The van der Waals surface area contributed by atoms with E-state index in [1.807, 2.05) is 6.07 Å². The van der Waals surface area contributed by atoms with Crippen molar-refractivity contribution in [3.05, 3.63) is 64.5 Å². The van der Waals surface area contributed by atoms with Crippen molar-refractivity contribution in [3.63, 3.8) is 0 Å². The van der Waals surface area contributed by atoms with Crippen LogP contribution in [0.5, 0.6) is 0 Å². The van der Waals surface area contributed by atoms with Crippen molar-refractivity contribution in [2.45, 2.75) is 33.0 Å². The third-order valence-corrected chi connectivity index (χ3v) is 4.39. The fraction of sp³-hybridized carbons (Fsp3) is 0.316. The molecule has 1 unspecified atom stereocenters. The molecule has 3 N–H and O–H groups in total. The molecule has 1 atom stereocenters. The fourth-order valence-electron chi connectivity index (χ4n) is 2.98. The largest absolute Gasteiger partial charge is 0.478 e. The molecule has 0 aliphatic carbocycles. The lowest BCUT2D eigenvalue weighted by Crippen LogP contribution is -2.23. The maximum Gasteiger partial charge on any atom is 0.335 e. The van der Waals surface area contributed by atoms with Crippen LogP contribution in [0.4, 0.5) is 0 Å². The minimum atomic E-state index is -0.965. The molecule has 25 heavy (non-hydrogen) atoms. The Morgan fingerprint density at radius 1 is 1.28 bits per heavy atom. The summed E-state index contributed by atoms with van der Waals surface area (Å²) in [5.41, 5.74) is 3.69. The number of carboxylic acids is 1. The Balaban J connectivity index is 1.65. The highest BCUT2D eigenvalue weighted by Crippen LogP contribution is 2.29. The molecular weight excluding hydrogens is 318 g/mol. The van der Waals surface area contributed by atoms with Gasteiger partial charge in [0.05, 0.1) is 22.9 Å². The van der Waals surface area contributed by atoms with Crippen molar-refractivity contribution in [2.24, 2.45) is 5.92 Å². The molecule has 3 rings (SSSR count). The van der Waals surface area contributed by atoms with E-state index in [2.05, 4.69) is 29.5 Å². The molecule has 0 spiro atoms. The highest BCUT2D eigenvalue weighted by atomic mass is 16.4. The van der Waals surface area contributed by atoms with Crippen molar-refractivity contribution in [1.82, 2.24) is 15.6 Å². The van der Waals surface area contributed by atoms with E-state index in [0.717, 1.165) is 23.4 Å². The van der Waals surface area contributed by atoms with Gasteiger partial charge in [-0.15, -0.1) is 0 Å². The smallest absolute Gasteiger partial charge is 0.335 e. The van der Waals surface area contributed by atoms with Crippen molar-refractivity contribution < 1.29 is 14.7 Å². The molecule has 0 radical (unpaired) electrons. The Hall–Kier alpha value is -2.73.